The van der Waals surface area contributed by atoms with Gasteiger partial charge in [-0.3, -0.25) is 0 Å². The highest BCUT2D eigenvalue weighted by Crippen LogP contribution is 2.47. The van der Waals surface area contributed by atoms with Crippen molar-refractivity contribution >= 4 is 0 Å². The number of hydrogen-bond acceptors (Lipinski definition) is 3. The molecule has 1 heterocycles. The van der Waals surface area contributed by atoms with Crippen LogP contribution in [0.15, 0.2) is 24.3 Å². The van der Waals surface area contributed by atoms with Crippen molar-refractivity contribution in [2.45, 2.75) is 71.4 Å². The highest BCUT2D eigenvalue weighted by atomic mass is 16.5. The molecule has 0 spiro atoms. The van der Waals surface area contributed by atoms with Gasteiger partial charge < -0.3 is 14.6 Å². The van der Waals surface area contributed by atoms with Gasteiger partial charge in [0, 0.05) is 5.92 Å². The third kappa shape index (κ3) is 3.78. The van der Waals surface area contributed by atoms with Gasteiger partial charge in [-0.15, -0.1) is 0 Å². The SMILES string of the molecule is CC(C)Oc1cccc(C(O)C2CC(C)(C)OC2(C)C)c1. The molecule has 0 aromatic heterocycles. The summed E-state index contributed by atoms with van der Waals surface area (Å²) in [6, 6.07) is 7.76. The molecule has 1 aromatic carbocycles. The molecule has 21 heavy (non-hydrogen) atoms. The van der Waals surface area contributed by atoms with Crippen molar-refractivity contribution in [3.8, 4) is 5.75 Å². The normalized spacial score (nSPS) is 25.0. The Balaban J connectivity index is 2.22. The molecule has 1 aromatic rings. The summed E-state index contributed by atoms with van der Waals surface area (Å²) in [5, 5.41) is 10.8. The highest BCUT2D eigenvalue weighted by molar-refractivity contribution is 5.31. The Kier molecular flexibility index (Phi) is 4.36. The topological polar surface area (TPSA) is 38.7 Å². The van der Waals surface area contributed by atoms with Crippen LogP contribution >= 0.6 is 0 Å². The lowest BCUT2D eigenvalue weighted by molar-refractivity contribution is -0.0880. The first kappa shape index (κ1) is 16.3. The van der Waals surface area contributed by atoms with Gasteiger partial charge in [0.2, 0.25) is 0 Å². The van der Waals surface area contributed by atoms with Crippen LogP contribution in [0.5, 0.6) is 5.75 Å². The quantitative estimate of drug-likeness (QED) is 0.908. The van der Waals surface area contributed by atoms with E-state index in [-0.39, 0.29) is 23.2 Å². The minimum Gasteiger partial charge on any atom is -0.491 e. The zero-order chi connectivity index (χ0) is 15.8. The maximum absolute atomic E-state index is 10.8. The van der Waals surface area contributed by atoms with Gasteiger partial charge in [0.05, 0.1) is 23.4 Å². The lowest BCUT2D eigenvalue weighted by Crippen LogP contribution is -2.32. The smallest absolute Gasteiger partial charge is 0.120 e. The lowest BCUT2D eigenvalue weighted by Gasteiger charge is -2.30. The summed E-state index contributed by atoms with van der Waals surface area (Å²) in [7, 11) is 0. The molecule has 1 fully saturated rings. The lowest BCUT2D eigenvalue weighted by atomic mass is 9.80. The second kappa shape index (κ2) is 5.62. The van der Waals surface area contributed by atoms with Crippen LogP contribution in [0.3, 0.4) is 0 Å². The molecule has 0 amide bonds. The predicted octanol–water partition coefficient (Wildman–Crippen LogP) is 4.10. The fourth-order valence-electron chi connectivity index (χ4n) is 3.37. The van der Waals surface area contributed by atoms with Gasteiger partial charge in [0.15, 0.2) is 0 Å². The molecule has 0 radical (unpaired) electrons. The van der Waals surface area contributed by atoms with E-state index in [1.165, 1.54) is 0 Å². The van der Waals surface area contributed by atoms with Crippen LogP contribution in [0.25, 0.3) is 0 Å². The van der Waals surface area contributed by atoms with E-state index in [9.17, 15) is 5.11 Å². The van der Waals surface area contributed by atoms with Gasteiger partial charge in [-0.1, -0.05) is 12.1 Å². The molecule has 0 saturated carbocycles. The van der Waals surface area contributed by atoms with E-state index >= 15 is 0 Å². The summed E-state index contributed by atoms with van der Waals surface area (Å²) >= 11 is 0. The molecule has 0 bridgehead atoms. The maximum Gasteiger partial charge on any atom is 0.120 e. The average Bonchev–Trinajstić information content (AvgIpc) is 2.56. The monoisotopic (exact) mass is 292 g/mol. The second-order valence-electron chi connectivity index (χ2n) is 7.46. The van der Waals surface area contributed by atoms with Crippen molar-refractivity contribution in [2.75, 3.05) is 0 Å². The van der Waals surface area contributed by atoms with E-state index in [1.807, 2.05) is 38.1 Å². The molecule has 1 aliphatic heterocycles. The number of benzene rings is 1. The molecular formula is C18H28O3. The van der Waals surface area contributed by atoms with Crippen LogP contribution in [-0.4, -0.2) is 22.4 Å². The van der Waals surface area contributed by atoms with Crippen LogP contribution in [0.4, 0.5) is 0 Å². The van der Waals surface area contributed by atoms with Crippen LogP contribution in [0.1, 0.15) is 59.6 Å². The van der Waals surface area contributed by atoms with Crippen LogP contribution in [0.2, 0.25) is 0 Å². The minimum absolute atomic E-state index is 0.0711. The zero-order valence-corrected chi connectivity index (χ0v) is 14.0. The van der Waals surface area contributed by atoms with Crippen molar-refractivity contribution in [1.82, 2.24) is 0 Å². The van der Waals surface area contributed by atoms with E-state index in [0.29, 0.717) is 0 Å². The van der Waals surface area contributed by atoms with Crippen LogP contribution in [0, 0.1) is 5.92 Å². The maximum atomic E-state index is 10.8. The van der Waals surface area contributed by atoms with E-state index in [0.717, 1.165) is 17.7 Å². The molecule has 118 valence electrons. The molecular weight excluding hydrogens is 264 g/mol. The van der Waals surface area contributed by atoms with Crippen molar-refractivity contribution in [3.05, 3.63) is 29.8 Å². The molecule has 1 N–H and O–H groups in total. The number of aliphatic hydroxyl groups is 1. The third-order valence-corrected chi connectivity index (χ3v) is 4.10. The third-order valence-electron chi connectivity index (χ3n) is 4.10. The summed E-state index contributed by atoms with van der Waals surface area (Å²) in [5.74, 6) is 0.874. The number of rotatable bonds is 4. The summed E-state index contributed by atoms with van der Waals surface area (Å²) in [5.41, 5.74) is 0.367. The average molecular weight is 292 g/mol. The standard InChI is InChI=1S/C18H28O3/c1-12(2)20-14-9-7-8-13(10-14)16(19)15-11-17(3,4)21-18(15,5)6/h7-10,12,15-16,19H,11H2,1-6H3. The first-order chi connectivity index (χ1) is 9.61. The van der Waals surface area contributed by atoms with Gasteiger partial charge in [-0.2, -0.15) is 0 Å². The van der Waals surface area contributed by atoms with Gasteiger partial charge in [0.25, 0.3) is 0 Å². The summed E-state index contributed by atoms with van der Waals surface area (Å²) in [6.45, 7) is 12.3. The predicted molar refractivity (Wildman–Crippen MR) is 84.5 cm³/mol. The van der Waals surface area contributed by atoms with Gasteiger partial charge >= 0.3 is 0 Å². The minimum atomic E-state index is -0.544. The molecule has 2 atom stereocenters. The Morgan fingerprint density at radius 3 is 2.43 bits per heavy atom. The molecule has 3 heteroatoms. The Morgan fingerprint density at radius 1 is 1.24 bits per heavy atom. The molecule has 1 aliphatic rings. The first-order valence-corrected chi connectivity index (χ1v) is 7.75. The van der Waals surface area contributed by atoms with E-state index in [4.69, 9.17) is 9.47 Å². The largest absolute Gasteiger partial charge is 0.491 e. The van der Waals surface area contributed by atoms with Crippen LogP contribution in [-0.2, 0) is 4.74 Å². The Labute approximate surface area is 128 Å². The first-order valence-electron chi connectivity index (χ1n) is 7.75. The summed E-state index contributed by atoms with van der Waals surface area (Å²) in [4.78, 5) is 0. The zero-order valence-electron chi connectivity index (χ0n) is 14.0. The Bertz CT molecular complexity index is 491. The molecule has 0 aliphatic carbocycles. The number of ether oxygens (including phenoxy) is 2. The van der Waals surface area contributed by atoms with Gasteiger partial charge in [0.1, 0.15) is 5.75 Å². The number of hydrogen-bond donors (Lipinski definition) is 1. The molecule has 1 saturated heterocycles. The van der Waals surface area contributed by atoms with Crippen molar-refractivity contribution in [2.24, 2.45) is 5.92 Å². The fourth-order valence-corrected chi connectivity index (χ4v) is 3.37. The van der Waals surface area contributed by atoms with Crippen LogP contribution < -0.4 is 4.74 Å². The highest BCUT2D eigenvalue weighted by Gasteiger charge is 2.49. The van der Waals surface area contributed by atoms with Gasteiger partial charge in [-0.05, 0) is 65.7 Å². The van der Waals surface area contributed by atoms with E-state index in [1.54, 1.807) is 0 Å². The summed E-state index contributed by atoms with van der Waals surface area (Å²) < 4.78 is 11.8. The Hall–Kier alpha value is -1.06. The fraction of sp³-hybridized carbons (Fsp3) is 0.667. The Morgan fingerprint density at radius 2 is 1.90 bits per heavy atom. The van der Waals surface area contributed by atoms with Gasteiger partial charge in [-0.25, -0.2) is 0 Å². The van der Waals surface area contributed by atoms with Crippen molar-refractivity contribution in [3.63, 3.8) is 0 Å². The summed E-state index contributed by atoms with van der Waals surface area (Å²) in [6.07, 6.45) is 0.427. The molecule has 3 nitrogen and oxygen atoms in total. The molecule has 2 rings (SSSR count). The second-order valence-corrected chi connectivity index (χ2v) is 7.46. The van der Waals surface area contributed by atoms with E-state index < -0.39 is 6.10 Å². The van der Waals surface area contributed by atoms with Crippen molar-refractivity contribution in [1.29, 1.82) is 0 Å². The van der Waals surface area contributed by atoms with Crippen molar-refractivity contribution < 1.29 is 14.6 Å². The molecule has 2 unspecified atom stereocenters. The number of aliphatic hydroxyl groups excluding tert-OH is 1. The van der Waals surface area contributed by atoms with E-state index in [2.05, 4.69) is 27.7 Å².